The number of pyridine rings is 1. The third-order valence-electron chi connectivity index (χ3n) is 4.64. The van der Waals surface area contributed by atoms with Crippen LogP contribution in [0.4, 0.5) is 9.18 Å². The summed E-state index contributed by atoms with van der Waals surface area (Å²) in [6.07, 6.45) is 3.28. The number of nitrogens with one attached hydrogen (secondary N) is 1. The number of hydrogen-bond acceptors (Lipinski definition) is 4. The average molecular weight is 352 g/mol. The van der Waals surface area contributed by atoms with Crippen LogP contribution in [0.3, 0.4) is 0 Å². The van der Waals surface area contributed by atoms with Gasteiger partial charge in [0.15, 0.2) is 6.10 Å². The first-order valence-corrected chi connectivity index (χ1v) is 8.45. The van der Waals surface area contributed by atoms with Crippen molar-refractivity contribution in [3.63, 3.8) is 0 Å². The molecule has 6 heteroatoms. The van der Waals surface area contributed by atoms with Crippen molar-refractivity contribution in [3.05, 3.63) is 65.2 Å². The summed E-state index contributed by atoms with van der Waals surface area (Å²) in [6.45, 7) is 0. The number of aromatic nitrogens is 1. The quantitative estimate of drug-likeness (QED) is 0.816. The van der Waals surface area contributed by atoms with E-state index in [-0.39, 0.29) is 17.8 Å². The molecule has 2 heterocycles. The lowest BCUT2D eigenvalue weighted by molar-refractivity contribution is 0.0665. The minimum atomic E-state index is -0.634. The van der Waals surface area contributed by atoms with Gasteiger partial charge in [0.1, 0.15) is 11.9 Å². The summed E-state index contributed by atoms with van der Waals surface area (Å²) >= 11 is 0. The second-order valence-corrected chi connectivity index (χ2v) is 6.60. The van der Waals surface area contributed by atoms with Gasteiger partial charge in [-0.2, -0.15) is 0 Å². The molecule has 4 rings (SSSR count). The summed E-state index contributed by atoms with van der Waals surface area (Å²) in [5.41, 5.74) is 2.04. The Morgan fingerprint density at radius 2 is 2.08 bits per heavy atom. The molecule has 0 unspecified atom stereocenters. The Bertz CT molecular complexity index is 899. The number of rotatable bonds is 2. The third kappa shape index (κ3) is 3.39. The van der Waals surface area contributed by atoms with E-state index in [1.54, 1.807) is 24.5 Å². The molecule has 5 nitrogen and oxygen atoms in total. The predicted molar refractivity (Wildman–Crippen MR) is 91.3 cm³/mol. The molecule has 1 amide bonds. The van der Waals surface area contributed by atoms with Gasteiger partial charge in [-0.15, -0.1) is 0 Å². The smallest absolute Gasteiger partial charge is 0.408 e. The highest BCUT2D eigenvalue weighted by Gasteiger charge is 2.36. The van der Waals surface area contributed by atoms with E-state index in [1.165, 1.54) is 12.1 Å². The fourth-order valence-electron chi connectivity index (χ4n) is 3.21. The second-order valence-electron chi connectivity index (χ2n) is 6.60. The van der Waals surface area contributed by atoms with Gasteiger partial charge in [0.2, 0.25) is 0 Å². The van der Waals surface area contributed by atoms with Crippen LogP contribution in [-0.4, -0.2) is 22.3 Å². The van der Waals surface area contributed by atoms with E-state index in [1.807, 2.05) is 6.07 Å². The van der Waals surface area contributed by atoms with Crippen LogP contribution in [0.5, 0.6) is 0 Å². The van der Waals surface area contributed by atoms with Crippen molar-refractivity contribution in [2.45, 2.75) is 31.1 Å². The van der Waals surface area contributed by atoms with E-state index in [0.717, 1.165) is 11.1 Å². The van der Waals surface area contributed by atoms with Gasteiger partial charge in [-0.25, -0.2) is 9.18 Å². The van der Waals surface area contributed by atoms with Crippen LogP contribution >= 0.6 is 0 Å². The fraction of sp³-hybridized carbons (Fsp3) is 0.300. The third-order valence-corrected chi connectivity index (χ3v) is 4.64. The Morgan fingerprint density at radius 3 is 2.85 bits per heavy atom. The van der Waals surface area contributed by atoms with Gasteiger partial charge >= 0.3 is 6.09 Å². The minimum Gasteiger partial charge on any atom is -0.439 e. The lowest BCUT2D eigenvalue weighted by Gasteiger charge is -2.26. The van der Waals surface area contributed by atoms with E-state index in [2.05, 4.69) is 22.1 Å². The fourth-order valence-corrected chi connectivity index (χ4v) is 3.21. The van der Waals surface area contributed by atoms with Gasteiger partial charge in [-0.05, 0) is 42.2 Å². The zero-order chi connectivity index (χ0) is 18.1. The van der Waals surface area contributed by atoms with Gasteiger partial charge in [0.05, 0.1) is 6.10 Å². The Hall–Kier alpha value is -2.91. The number of aliphatic hydroxyl groups excluding tert-OH is 1. The highest BCUT2D eigenvalue weighted by molar-refractivity contribution is 5.71. The standard InChI is InChI=1S/C20H17FN2O3/c21-16-3-1-2-14(9-16)19-18(23-20(25)26-19)15-6-13(10-22-11-15)5-4-12-7-17(24)8-12/h1-3,6,9-12,17-19,24H,7-8H2,(H,23,25)/t12?,17?,18-,19-/m1/s1. The number of ether oxygens (including phenoxy) is 1. The Balaban J connectivity index is 1.59. The molecule has 1 aliphatic heterocycles. The van der Waals surface area contributed by atoms with E-state index in [0.29, 0.717) is 18.4 Å². The zero-order valence-electron chi connectivity index (χ0n) is 13.9. The number of amides is 1. The summed E-state index contributed by atoms with van der Waals surface area (Å²) in [7, 11) is 0. The van der Waals surface area contributed by atoms with Crippen LogP contribution in [0.1, 0.15) is 41.7 Å². The first kappa shape index (κ1) is 16.6. The molecule has 1 aromatic carbocycles. The van der Waals surface area contributed by atoms with Crippen LogP contribution in [0.2, 0.25) is 0 Å². The van der Waals surface area contributed by atoms with Gasteiger partial charge in [-0.1, -0.05) is 24.0 Å². The van der Waals surface area contributed by atoms with Crippen LogP contribution in [-0.2, 0) is 4.74 Å². The van der Waals surface area contributed by atoms with Gasteiger partial charge in [-0.3, -0.25) is 4.98 Å². The molecule has 2 aliphatic rings. The van der Waals surface area contributed by atoms with Crippen LogP contribution in [0.15, 0.2) is 42.7 Å². The molecule has 0 radical (unpaired) electrons. The summed E-state index contributed by atoms with van der Waals surface area (Å²) < 4.78 is 18.9. The zero-order valence-corrected chi connectivity index (χ0v) is 13.9. The topological polar surface area (TPSA) is 71.5 Å². The number of aliphatic hydroxyl groups is 1. The summed E-state index contributed by atoms with van der Waals surface area (Å²) in [4.78, 5) is 16.0. The van der Waals surface area contributed by atoms with Gasteiger partial charge in [0, 0.05) is 23.9 Å². The van der Waals surface area contributed by atoms with Crippen LogP contribution in [0, 0.1) is 23.6 Å². The molecule has 1 aromatic heterocycles. The first-order chi connectivity index (χ1) is 12.6. The minimum absolute atomic E-state index is 0.211. The summed E-state index contributed by atoms with van der Waals surface area (Å²) in [6, 6.07) is 7.39. The maximum atomic E-state index is 13.5. The van der Waals surface area contributed by atoms with Gasteiger partial charge in [0.25, 0.3) is 0 Å². The molecule has 2 fully saturated rings. The number of cyclic esters (lactones) is 1. The Labute approximate surface area is 150 Å². The molecular weight excluding hydrogens is 335 g/mol. The molecule has 1 saturated heterocycles. The van der Waals surface area contributed by atoms with E-state index in [9.17, 15) is 14.3 Å². The van der Waals surface area contributed by atoms with Crippen molar-refractivity contribution in [2.75, 3.05) is 0 Å². The normalized spacial score (nSPS) is 26.9. The monoisotopic (exact) mass is 352 g/mol. The number of hydrogen-bond donors (Lipinski definition) is 2. The van der Waals surface area contributed by atoms with Crippen molar-refractivity contribution >= 4 is 6.09 Å². The number of nitrogens with zero attached hydrogens (tertiary/aromatic N) is 1. The van der Waals surface area contributed by atoms with Crippen molar-refractivity contribution < 1.29 is 19.0 Å². The number of alkyl carbamates (subject to hydrolysis) is 1. The van der Waals surface area contributed by atoms with Gasteiger partial charge < -0.3 is 15.2 Å². The highest BCUT2D eigenvalue weighted by atomic mass is 19.1. The molecule has 2 aromatic rings. The number of halogens is 1. The largest absolute Gasteiger partial charge is 0.439 e. The Morgan fingerprint density at radius 1 is 1.23 bits per heavy atom. The lowest BCUT2D eigenvalue weighted by Crippen LogP contribution is -2.26. The second kappa shape index (κ2) is 6.77. The van der Waals surface area contributed by atoms with Crippen molar-refractivity contribution in [2.24, 2.45) is 5.92 Å². The maximum Gasteiger partial charge on any atom is 0.408 e. The number of benzene rings is 1. The SMILES string of the molecule is O=C1N[C@H](c2cncc(C#CC3CC(O)C3)c2)[C@@H](c2cccc(F)c2)O1. The summed E-state index contributed by atoms with van der Waals surface area (Å²) in [5.74, 6) is 6.02. The summed E-state index contributed by atoms with van der Waals surface area (Å²) in [5, 5.41) is 12.1. The molecule has 132 valence electrons. The molecule has 0 bridgehead atoms. The van der Waals surface area contributed by atoms with E-state index < -0.39 is 18.2 Å². The highest BCUT2D eigenvalue weighted by Crippen LogP contribution is 2.36. The molecule has 0 spiro atoms. The average Bonchev–Trinajstić information content (AvgIpc) is 3.00. The lowest BCUT2D eigenvalue weighted by atomic mass is 9.83. The number of carbonyl (C=O) groups is 1. The maximum absolute atomic E-state index is 13.5. The molecular formula is C20H17FN2O3. The molecule has 1 saturated carbocycles. The molecule has 2 atom stereocenters. The van der Waals surface area contributed by atoms with E-state index >= 15 is 0 Å². The van der Waals surface area contributed by atoms with Crippen molar-refractivity contribution in [1.82, 2.24) is 10.3 Å². The van der Waals surface area contributed by atoms with Crippen molar-refractivity contribution in [3.8, 4) is 11.8 Å². The molecule has 2 N–H and O–H groups in total. The van der Waals surface area contributed by atoms with Crippen molar-refractivity contribution in [1.29, 1.82) is 0 Å². The number of carbonyl (C=O) groups excluding carboxylic acids is 1. The predicted octanol–water partition coefficient (Wildman–Crippen LogP) is 2.87. The van der Waals surface area contributed by atoms with Crippen LogP contribution in [0.25, 0.3) is 0 Å². The first-order valence-electron chi connectivity index (χ1n) is 8.45. The molecule has 1 aliphatic carbocycles. The van der Waals surface area contributed by atoms with E-state index in [4.69, 9.17) is 4.74 Å². The Kier molecular flexibility index (Phi) is 4.31. The van der Waals surface area contributed by atoms with Crippen LogP contribution < -0.4 is 5.32 Å². The molecule has 26 heavy (non-hydrogen) atoms.